The summed E-state index contributed by atoms with van der Waals surface area (Å²) in [6, 6.07) is 14.4. The second-order valence-electron chi connectivity index (χ2n) is 5.39. The van der Waals surface area contributed by atoms with E-state index in [2.05, 4.69) is 15.9 Å². The summed E-state index contributed by atoms with van der Waals surface area (Å²) in [7, 11) is 4.50. The molecule has 3 aromatic rings. The molecule has 0 spiro atoms. The normalized spacial score (nSPS) is 10.5. The standard InChI is InChI=1S/C20H17BrO5/c1-23-17-10-12(11-18(24-2)19(17)25-3)20(22)26-16-9-8-15(21)13-6-4-5-7-14(13)16/h4-11H,1-3H3. The van der Waals surface area contributed by atoms with Gasteiger partial charge in [-0.25, -0.2) is 4.79 Å². The van der Waals surface area contributed by atoms with Crippen LogP contribution in [0.5, 0.6) is 23.0 Å². The van der Waals surface area contributed by atoms with E-state index < -0.39 is 5.97 Å². The summed E-state index contributed by atoms with van der Waals surface area (Å²) in [6.45, 7) is 0. The highest BCUT2D eigenvalue weighted by molar-refractivity contribution is 9.10. The van der Waals surface area contributed by atoms with Crippen LogP contribution in [-0.2, 0) is 0 Å². The predicted octanol–water partition coefficient (Wildman–Crippen LogP) is 4.85. The van der Waals surface area contributed by atoms with E-state index in [9.17, 15) is 4.79 Å². The lowest BCUT2D eigenvalue weighted by Crippen LogP contribution is -2.10. The molecule has 0 aliphatic rings. The first kappa shape index (κ1) is 18.1. The summed E-state index contributed by atoms with van der Waals surface area (Å²) in [4.78, 5) is 12.7. The van der Waals surface area contributed by atoms with Gasteiger partial charge in [-0.1, -0.05) is 40.2 Å². The molecular formula is C20H17BrO5. The molecule has 0 amide bonds. The van der Waals surface area contributed by atoms with Crippen LogP contribution in [0.25, 0.3) is 10.8 Å². The molecule has 0 N–H and O–H groups in total. The minimum atomic E-state index is -0.517. The van der Waals surface area contributed by atoms with Gasteiger partial charge in [-0.3, -0.25) is 0 Å². The number of esters is 1. The van der Waals surface area contributed by atoms with Gasteiger partial charge in [0, 0.05) is 9.86 Å². The van der Waals surface area contributed by atoms with Crippen molar-refractivity contribution >= 4 is 32.7 Å². The van der Waals surface area contributed by atoms with Crippen LogP contribution in [0.15, 0.2) is 53.0 Å². The quantitative estimate of drug-likeness (QED) is 0.439. The van der Waals surface area contributed by atoms with Crippen LogP contribution in [0.4, 0.5) is 0 Å². The Bertz CT molecular complexity index is 943. The van der Waals surface area contributed by atoms with E-state index in [0.29, 0.717) is 28.6 Å². The molecule has 0 aliphatic carbocycles. The number of halogens is 1. The summed E-state index contributed by atoms with van der Waals surface area (Å²) in [5.41, 5.74) is 0.298. The van der Waals surface area contributed by atoms with Crippen molar-refractivity contribution in [2.45, 2.75) is 0 Å². The molecule has 5 nitrogen and oxygen atoms in total. The van der Waals surface area contributed by atoms with E-state index >= 15 is 0 Å². The molecule has 0 aromatic heterocycles. The molecule has 134 valence electrons. The van der Waals surface area contributed by atoms with E-state index in [1.807, 2.05) is 30.3 Å². The highest BCUT2D eigenvalue weighted by Gasteiger charge is 2.19. The highest BCUT2D eigenvalue weighted by Crippen LogP contribution is 2.39. The Hall–Kier alpha value is -2.73. The Kier molecular flexibility index (Phi) is 5.32. The third-order valence-corrected chi connectivity index (χ3v) is 4.63. The Morgan fingerprint density at radius 3 is 2.00 bits per heavy atom. The Balaban J connectivity index is 2.00. The van der Waals surface area contributed by atoms with Crippen molar-refractivity contribution in [2.75, 3.05) is 21.3 Å². The molecule has 3 rings (SSSR count). The molecule has 0 atom stereocenters. The minimum Gasteiger partial charge on any atom is -0.493 e. The van der Waals surface area contributed by atoms with Gasteiger partial charge in [-0.05, 0) is 29.7 Å². The number of hydrogen-bond acceptors (Lipinski definition) is 5. The number of benzene rings is 3. The largest absolute Gasteiger partial charge is 0.493 e. The van der Waals surface area contributed by atoms with Gasteiger partial charge in [0.1, 0.15) is 5.75 Å². The van der Waals surface area contributed by atoms with E-state index in [1.54, 1.807) is 18.2 Å². The van der Waals surface area contributed by atoms with E-state index in [-0.39, 0.29) is 0 Å². The van der Waals surface area contributed by atoms with E-state index in [0.717, 1.165) is 15.2 Å². The third-order valence-electron chi connectivity index (χ3n) is 3.93. The molecule has 0 saturated heterocycles. The molecule has 0 aliphatic heterocycles. The van der Waals surface area contributed by atoms with Crippen molar-refractivity contribution in [2.24, 2.45) is 0 Å². The molecule has 0 unspecified atom stereocenters. The molecule has 0 radical (unpaired) electrons. The highest BCUT2D eigenvalue weighted by atomic mass is 79.9. The predicted molar refractivity (Wildman–Crippen MR) is 103 cm³/mol. The van der Waals surface area contributed by atoms with Crippen molar-refractivity contribution in [1.82, 2.24) is 0 Å². The second kappa shape index (κ2) is 7.66. The van der Waals surface area contributed by atoms with Crippen molar-refractivity contribution < 1.29 is 23.7 Å². The summed E-state index contributed by atoms with van der Waals surface area (Å²) in [6.07, 6.45) is 0. The first-order valence-electron chi connectivity index (χ1n) is 7.78. The monoisotopic (exact) mass is 416 g/mol. The van der Waals surface area contributed by atoms with Gasteiger partial charge in [-0.2, -0.15) is 0 Å². The lowest BCUT2D eigenvalue weighted by molar-refractivity contribution is 0.0736. The van der Waals surface area contributed by atoms with Gasteiger partial charge in [0.15, 0.2) is 11.5 Å². The van der Waals surface area contributed by atoms with Gasteiger partial charge in [0.05, 0.1) is 26.9 Å². The fourth-order valence-electron chi connectivity index (χ4n) is 2.68. The molecule has 0 bridgehead atoms. The van der Waals surface area contributed by atoms with Gasteiger partial charge in [0.25, 0.3) is 0 Å². The Morgan fingerprint density at radius 1 is 0.808 bits per heavy atom. The van der Waals surface area contributed by atoms with Gasteiger partial charge < -0.3 is 18.9 Å². The zero-order valence-corrected chi connectivity index (χ0v) is 16.1. The fourth-order valence-corrected chi connectivity index (χ4v) is 3.16. The summed E-state index contributed by atoms with van der Waals surface area (Å²) in [5.74, 6) is 1.15. The molecule has 0 fully saturated rings. The molecule has 26 heavy (non-hydrogen) atoms. The minimum absolute atomic E-state index is 0.298. The summed E-state index contributed by atoms with van der Waals surface area (Å²) in [5, 5.41) is 1.80. The first-order valence-corrected chi connectivity index (χ1v) is 8.57. The molecule has 3 aromatic carbocycles. The summed E-state index contributed by atoms with van der Waals surface area (Å²) >= 11 is 3.51. The Labute approximate surface area is 159 Å². The molecule has 0 saturated carbocycles. The second-order valence-corrected chi connectivity index (χ2v) is 6.25. The van der Waals surface area contributed by atoms with Crippen LogP contribution in [-0.4, -0.2) is 27.3 Å². The maximum absolute atomic E-state index is 12.7. The topological polar surface area (TPSA) is 54.0 Å². The fraction of sp³-hybridized carbons (Fsp3) is 0.150. The van der Waals surface area contributed by atoms with Gasteiger partial charge >= 0.3 is 5.97 Å². The number of carbonyl (C=O) groups excluding carboxylic acids is 1. The van der Waals surface area contributed by atoms with Crippen LogP contribution >= 0.6 is 15.9 Å². The number of hydrogen-bond donors (Lipinski definition) is 0. The number of fused-ring (bicyclic) bond motifs is 1. The Morgan fingerprint density at radius 2 is 1.42 bits per heavy atom. The van der Waals surface area contributed by atoms with Gasteiger partial charge in [0.2, 0.25) is 5.75 Å². The zero-order valence-electron chi connectivity index (χ0n) is 14.5. The average molecular weight is 417 g/mol. The molecular weight excluding hydrogens is 400 g/mol. The van der Waals surface area contributed by atoms with Crippen LogP contribution in [0, 0.1) is 0 Å². The maximum Gasteiger partial charge on any atom is 0.343 e. The van der Waals surface area contributed by atoms with Crippen LogP contribution in [0.3, 0.4) is 0 Å². The van der Waals surface area contributed by atoms with Gasteiger partial charge in [-0.15, -0.1) is 0 Å². The van der Waals surface area contributed by atoms with Crippen molar-refractivity contribution in [3.8, 4) is 23.0 Å². The molecule has 6 heteroatoms. The average Bonchev–Trinajstić information content (AvgIpc) is 2.68. The zero-order chi connectivity index (χ0) is 18.7. The van der Waals surface area contributed by atoms with Crippen LogP contribution in [0.1, 0.15) is 10.4 Å². The van der Waals surface area contributed by atoms with E-state index in [4.69, 9.17) is 18.9 Å². The van der Waals surface area contributed by atoms with Crippen molar-refractivity contribution in [1.29, 1.82) is 0 Å². The van der Waals surface area contributed by atoms with Crippen LogP contribution in [0.2, 0.25) is 0 Å². The lowest BCUT2D eigenvalue weighted by atomic mass is 10.1. The maximum atomic E-state index is 12.7. The molecule has 0 heterocycles. The van der Waals surface area contributed by atoms with Crippen LogP contribution < -0.4 is 18.9 Å². The number of ether oxygens (including phenoxy) is 4. The first-order chi connectivity index (χ1) is 12.6. The van der Waals surface area contributed by atoms with Crippen molar-refractivity contribution in [3.05, 3.63) is 58.6 Å². The number of carbonyl (C=O) groups is 1. The number of methoxy groups -OCH3 is 3. The van der Waals surface area contributed by atoms with E-state index in [1.165, 1.54) is 21.3 Å². The smallest absolute Gasteiger partial charge is 0.343 e. The number of rotatable bonds is 5. The lowest BCUT2D eigenvalue weighted by Gasteiger charge is -2.14. The third kappa shape index (κ3) is 3.32. The SMILES string of the molecule is COc1cc(C(=O)Oc2ccc(Br)c3ccccc23)cc(OC)c1OC. The summed E-state index contributed by atoms with van der Waals surface area (Å²) < 4.78 is 22.4. The van der Waals surface area contributed by atoms with Crippen molar-refractivity contribution in [3.63, 3.8) is 0 Å².